The van der Waals surface area contributed by atoms with Crippen LogP contribution in [0.3, 0.4) is 0 Å². The predicted octanol–water partition coefficient (Wildman–Crippen LogP) is 3.77. The molecule has 8 heteroatoms. The summed E-state index contributed by atoms with van der Waals surface area (Å²) < 4.78 is 10.8. The van der Waals surface area contributed by atoms with E-state index in [1.165, 1.54) is 0 Å². The van der Waals surface area contributed by atoms with Gasteiger partial charge in [0.2, 0.25) is 0 Å². The van der Waals surface area contributed by atoms with Crippen molar-refractivity contribution < 1.29 is 14.3 Å². The highest BCUT2D eigenvalue weighted by Crippen LogP contribution is 2.15. The molecule has 1 aliphatic rings. The minimum Gasteiger partial charge on any atom is -0.494 e. The topological polar surface area (TPSA) is 75.2 Å². The third-order valence-electron chi connectivity index (χ3n) is 4.50. The molecule has 2 rings (SSSR count). The number of hydrogen-bond acceptors (Lipinski definition) is 4. The summed E-state index contributed by atoms with van der Waals surface area (Å²) in [5, 5.41) is 6.80. The smallest absolute Gasteiger partial charge is 0.409 e. The summed E-state index contributed by atoms with van der Waals surface area (Å²) in [7, 11) is 0. The van der Waals surface area contributed by atoms with Crippen LogP contribution in [0.25, 0.3) is 0 Å². The molecule has 1 amide bonds. The van der Waals surface area contributed by atoms with Crippen molar-refractivity contribution in [3.8, 4) is 5.75 Å². The molecule has 0 spiro atoms. The fourth-order valence-corrected chi connectivity index (χ4v) is 3.06. The van der Waals surface area contributed by atoms with Gasteiger partial charge in [-0.15, -0.1) is 24.0 Å². The number of carbonyl (C=O) groups excluding carboxylic acids is 1. The highest BCUT2D eigenvalue weighted by Gasteiger charge is 2.24. The second kappa shape index (κ2) is 14.3. The Bertz CT molecular complexity index is 634. The molecule has 164 valence electrons. The number of likely N-dealkylation sites (tertiary alicyclic amines) is 1. The number of aliphatic imine (C=N–C) groups is 1. The molecular weight excluding hydrogens is 483 g/mol. The number of amides is 1. The summed E-state index contributed by atoms with van der Waals surface area (Å²) in [5.74, 6) is 1.69. The Morgan fingerprint density at radius 3 is 2.66 bits per heavy atom. The highest BCUT2D eigenvalue weighted by molar-refractivity contribution is 14.0. The van der Waals surface area contributed by atoms with Gasteiger partial charge in [-0.25, -0.2) is 9.79 Å². The molecule has 7 nitrogen and oxygen atoms in total. The van der Waals surface area contributed by atoms with Crippen LogP contribution in [0.2, 0.25) is 0 Å². The van der Waals surface area contributed by atoms with E-state index in [0.29, 0.717) is 32.3 Å². The Morgan fingerprint density at radius 2 is 2.00 bits per heavy atom. The van der Waals surface area contributed by atoms with Crippen molar-refractivity contribution in [1.29, 1.82) is 0 Å². The molecule has 29 heavy (non-hydrogen) atoms. The zero-order valence-corrected chi connectivity index (χ0v) is 20.1. The number of ether oxygens (including phenoxy) is 2. The normalized spacial score (nSPS) is 14.7. The summed E-state index contributed by atoms with van der Waals surface area (Å²) >= 11 is 0. The number of piperidine rings is 1. The number of nitrogens with zero attached hydrogens (tertiary/aromatic N) is 2. The van der Waals surface area contributed by atoms with Crippen LogP contribution in [0.5, 0.6) is 5.75 Å². The van der Waals surface area contributed by atoms with Crippen molar-refractivity contribution >= 4 is 36.0 Å². The zero-order chi connectivity index (χ0) is 20.2. The minimum atomic E-state index is -0.216. The first-order valence-corrected chi connectivity index (χ1v) is 10.3. The lowest BCUT2D eigenvalue weighted by Gasteiger charge is -2.32. The second-order valence-electron chi connectivity index (χ2n) is 6.80. The van der Waals surface area contributed by atoms with Crippen LogP contribution in [0.4, 0.5) is 4.79 Å². The molecular formula is C21H35IN4O3. The molecule has 1 saturated heterocycles. The van der Waals surface area contributed by atoms with E-state index in [-0.39, 0.29) is 30.1 Å². The van der Waals surface area contributed by atoms with Crippen LogP contribution in [0, 0.1) is 0 Å². The van der Waals surface area contributed by atoms with Crippen LogP contribution < -0.4 is 15.4 Å². The van der Waals surface area contributed by atoms with Crippen LogP contribution in [0.15, 0.2) is 29.3 Å². The number of benzene rings is 1. The Morgan fingerprint density at radius 1 is 1.24 bits per heavy atom. The maximum Gasteiger partial charge on any atom is 0.409 e. The lowest BCUT2D eigenvalue weighted by molar-refractivity contribution is 0.0963. The quantitative estimate of drug-likeness (QED) is 0.312. The highest BCUT2D eigenvalue weighted by atomic mass is 127. The minimum absolute atomic E-state index is 0. The average Bonchev–Trinajstić information content (AvgIpc) is 2.71. The molecule has 0 unspecified atom stereocenters. The van der Waals surface area contributed by atoms with Crippen molar-refractivity contribution in [2.24, 2.45) is 4.99 Å². The molecule has 0 aromatic heterocycles. The van der Waals surface area contributed by atoms with Gasteiger partial charge in [0.25, 0.3) is 0 Å². The van der Waals surface area contributed by atoms with E-state index in [1.807, 2.05) is 25.1 Å². The molecule has 0 saturated carbocycles. The summed E-state index contributed by atoms with van der Waals surface area (Å²) in [6.45, 7) is 9.91. The Hall–Kier alpha value is -1.71. The van der Waals surface area contributed by atoms with Gasteiger partial charge in [-0.05, 0) is 50.8 Å². The third-order valence-corrected chi connectivity index (χ3v) is 4.50. The van der Waals surface area contributed by atoms with Gasteiger partial charge in [-0.1, -0.05) is 19.1 Å². The summed E-state index contributed by atoms with van der Waals surface area (Å²) in [6, 6.07) is 8.37. The summed E-state index contributed by atoms with van der Waals surface area (Å²) in [6.07, 6.45) is 2.53. The van der Waals surface area contributed by atoms with Crippen molar-refractivity contribution in [3.05, 3.63) is 29.8 Å². The lowest BCUT2D eigenvalue weighted by Crippen LogP contribution is -2.49. The van der Waals surface area contributed by atoms with Gasteiger partial charge in [0.1, 0.15) is 5.75 Å². The number of rotatable bonds is 8. The maximum atomic E-state index is 11.8. The first-order valence-electron chi connectivity index (χ1n) is 10.3. The Labute approximate surface area is 191 Å². The van der Waals surface area contributed by atoms with E-state index in [2.05, 4.69) is 30.5 Å². The van der Waals surface area contributed by atoms with E-state index in [0.717, 1.165) is 49.7 Å². The summed E-state index contributed by atoms with van der Waals surface area (Å²) in [4.78, 5) is 18.3. The molecule has 1 aliphatic heterocycles. The van der Waals surface area contributed by atoms with Gasteiger partial charge < -0.3 is 25.0 Å². The first-order chi connectivity index (χ1) is 13.7. The maximum absolute atomic E-state index is 11.8. The fraction of sp³-hybridized carbons (Fsp3) is 0.619. The fourth-order valence-electron chi connectivity index (χ4n) is 3.06. The molecule has 2 N–H and O–H groups in total. The zero-order valence-electron chi connectivity index (χ0n) is 17.8. The molecule has 0 aliphatic carbocycles. The molecule has 0 bridgehead atoms. The van der Waals surface area contributed by atoms with Gasteiger partial charge in [0.15, 0.2) is 5.96 Å². The number of guanidine groups is 1. The van der Waals surface area contributed by atoms with E-state index in [9.17, 15) is 4.79 Å². The molecule has 0 atom stereocenters. The van der Waals surface area contributed by atoms with Gasteiger partial charge in [0.05, 0.1) is 19.8 Å². The predicted molar refractivity (Wildman–Crippen MR) is 127 cm³/mol. The number of hydrogen-bond donors (Lipinski definition) is 2. The second-order valence-corrected chi connectivity index (χ2v) is 6.80. The van der Waals surface area contributed by atoms with Crippen LogP contribution in [0.1, 0.15) is 45.6 Å². The van der Waals surface area contributed by atoms with E-state index in [4.69, 9.17) is 14.5 Å². The largest absolute Gasteiger partial charge is 0.494 e. The summed E-state index contributed by atoms with van der Waals surface area (Å²) in [5.41, 5.74) is 1.11. The number of halogens is 1. The monoisotopic (exact) mass is 518 g/mol. The SMILES string of the molecule is CCCOc1cccc(CN=C(NCC)NC2CCN(C(=O)OCC)CC2)c1.I. The third kappa shape index (κ3) is 9.10. The molecule has 1 aromatic carbocycles. The molecule has 1 fully saturated rings. The van der Waals surface area contributed by atoms with Gasteiger partial charge >= 0.3 is 6.09 Å². The molecule has 1 heterocycles. The number of carbonyl (C=O) groups is 1. The molecule has 0 radical (unpaired) electrons. The van der Waals surface area contributed by atoms with Gasteiger partial charge in [0, 0.05) is 25.7 Å². The first kappa shape index (κ1) is 25.3. The number of nitrogens with one attached hydrogen (secondary N) is 2. The lowest BCUT2D eigenvalue weighted by atomic mass is 10.1. The van der Waals surface area contributed by atoms with Crippen LogP contribution >= 0.6 is 24.0 Å². The standard InChI is InChI=1S/C21H34N4O3.HI/c1-4-14-28-19-9-7-8-17(15-19)16-23-20(22-5-2)24-18-10-12-25(13-11-18)21(26)27-6-3;/h7-9,15,18H,4-6,10-14,16H2,1-3H3,(H2,22,23,24);1H. The molecule has 1 aromatic rings. The van der Waals surface area contributed by atoms with Crippen molar-refractivity contribution in [1.82, 2.24) is 15.5 Å². The van der Waals surface area contributed by atoms with Crippen LogP contribution in [-0.2, 0) is 11.3 Å². The van der Waals surface area contributed by atoms with Crippen molar-refractivity contribution in [2.45, 2.75) is 52.6 Å². The van der Waals surface area contributed by atoms with E-state index in [1.54, 1.807) is 4.90 Å². The average molecular weight is 518 g/mol. The van der Waals surface area contributed by atoms with E-state index >= 15 is 0 Å². The van der Waals surface area contributed by atoms with Crippen molar-refractivity contribution in [2.75, 3.05) is 32.8 Å². The Balaban J connectivity index is 0.00000420. The van der Waals surface area contributed by atoms with Crippen LogP contribution in [-0.4, -0.2) is 55.8 Å². The van der Waals surface area contributed by atoms with E-state index < -0.39 is 0 Å². The Kier molecular flexibility index (Phi) is 12.5. The van der Waals surface area contributed by atoms with Crippen molar-refractivity contribution in [3.63, 3.8) is 0 Å². The van der Waals surface area contributed by atoms with Gasteiger partial charge in [-0.2, -0.15) is 0 Å². The van der Waals surface area contributed by atoms with Gasteiger partial charge in [-0.3, -0.25) is 0 Å².